The van der Waals surface area contributed by atoms with Crippen LogP contribution in [-0.2, 0) is 16.0 Å². The Morgan fingerprint density at radius 3 is 2.53 bits per heavy atom. The number of aryl methyl sites for hydroxylation is 1. The number of carbonyl (C=O) groups excluding carboxylic acids is 1. The largest absolute Gasteiger partial charge is 0.511 e. The topological polar surface area (TPSA) is 79.6 Å². The van der Waals surface area contributed by atoms with Crippen LogP contribution in [0.4, 0.5) is 0 Å². The molecule has 5 rings (SSSR count). The van der Waals surface area contributed by atoms with E-state index >= 15 is 0 Å². The van der Waals surface area contributed by atoms with Gasteiger partial charge in [0, 0.05) is 6.07 Å². The Labute approximate surface area is 179 Å². The van der Waals surface area contributed by atoms with Crippen molar-refractivity contribution < 1.29 is 19.4 Å². The van der Waals surface area contributed by atoms with E-state index in [1.54, 1.807) is 24.3 Å². The molecular formula is C24H20ClNO4. The van der Waals surface area contributed by atoms with Crippen molar-refractivity contribution in [2.75, 3.05) is 0 Å². The van der Waals surface area contributed by atoms with E-state index in [-0.39, 0.29) is 35.6 Å². The van der Waals surface area contributed by atoms with Crippen LogP contribution in [0.15, 0.2) is 42.2 Å². The van der Waals surface area contributed by atoms with Gasteiger partial charge in [-0.3, -0.25) is 4.79 Å². The zero-order valence-corrected chi connectivity index (χ0v) is 17.1. The summed E-state index contributed by atoms with van der Waals surface area (Å²) in [7, 11) is 0. The molecule has 2 bridgehead atoms. The maximum Gasteiger partial charge on any atom is 0.173 e. The minimum absolute atomic E-state index is 0.0297. The van der Waals surface area contributed by atoms with E-state index in [9.17, 15) is 9.90 Å². The molecule has 3 unspecified atom stereocenters. The molecule has 30 heavy (non-hydrogen) atoms. The van der Waals surface area contributed by atoms with Crippen molar-refractivity contribution in [3.63, 3.8) is 0 Å². The van der Waals surface area contributed by atoms with Crippen LogP contribution < -0.4 is 4.74 Å². The third kappa shape index (κ3) is 2.83. The zero-order valence-electron chi connectivity index (χ0n) is 16.4. The lowest BCUT2D eigenvalue weighted by Crippen LogP contribution is -2.29. The average molecular weight is 422 g/mol. The number of nitriles is 1. The van der Waals surface area contributed by atoms with E-state index in [1.165, 1.54) is 0 Å². The van der Waals surface area contributed by atoms with Crippen molar-refractivity contribution in [1.29, 1.82) is 5.26 Å². The third-order valence-electron chi connectivity index (χ3n) is 6.42. The third-order valence-corrected chi connectivity index (χ3v) is 6.74. The molecule has 3 aliphatic rings. The van der Waals surface area contributed by atoms with Crippen LogP contribution in [0.2, 0.25) is 5.02 Å². The molecule has 4 atom stereocenters. The number of aliphatic hydroxyl groups is 1. The maximum absolute atomic E-state index is 13.3. The monoisotopic (exact) mass is 421 g/mol. The standard InChI is InChI=1S/C24H20ClNO4/c1-2-12-3-5-14(29-15-6-4-13(11-26)17(25)10-15)9-16(12)20-23(27)21-18-7-8-19(30-18)22(21)24(20)28/h3-6,9-10,18-19,21-22,27H,2,7-8H2,1H3/t18?,19?,21?,22-/m1/s1. The number of Topliss-reactive ketones (excluding diaryl/α,β-unsaturated/α-hetero) is 1. The fourth-order valence-corrected chi connectivity index (χ4v) is 5.25. The van der Waals surface area contributed by atoms with Crippen molar-refractivity contribution in [2.24, 2.45) is 11.8 Å². The lowest BCUT2D eigenvalue weighted by molar-refractivity contribution is -0.118. The summed E-state index contributed by atoms with van der Waals surface area (Å²) in [4.78, 5) is 13.3. The molecular weight excluding hydrogens is 402 g/mol. The summed E-state index contributed by atoms with van der Waals surface area (Å²) >= 11 is 6.10. The number of aliphatic hydroxyl groups excluding tert-OH is 1. The van der Waals surface area contributed by atoms with Crippen LogP contribution in [0, 0.1) is 23.2 Å². The SMILES string of the molecule is CCc1ccc(Oc2ccc(C#N)c(Cl)c2)cc1C1=C(O)C2C3CCC(O3)[C@H]2C1=O. The fourth-order valence-electron chi connectivity index (χ4n) is 5.03. The predicted molar refractivity (Wildman–Crippen MR) is 111 cm³/mol. The van der Waals surface area contributed by atoms with Crippen LogP contribution in [0.1, 0.15) is 36.5 Å². The number of halogens is 1. The summed E-state index contributed by atoms with van der Waals surface area (Å²) in [6.07, 6.45) is 2.34. The van der Waals surface area contributed by atoms with Gasteiger partial charge in [0.25, 0.3) is 0 Å². The highest BCUT2D eigenvalue weighted by atomic mass is 35.5. The van der Waals surface area contributed by atoms with Gasteiger partial charge in [-0.15, -0.1) is 0 Å². The molecule has 2 heterocycles. The second-order valence-corrected chi connectivity index (χ2v) is 8.40. The van der Waals surface area contributed by atoms with E-state index in [2.05, 4.69) is 0 Å². The Bertz CT molecular complexity index is 1130. The molecule has 2 aromatic rings. The van der Waals surface area contributed by atoms with Gasteiger partial charge in [-0.1, -0.05) is 24.6 Å². The van der Waals surface area contributed by atoms with Crippen molar-refractivity contribution >= 4 is 23.0 Å². The fraction of sp³-hybridized carbons (Fsp3) is 0.333. The summed E-state index contributed by atoms with van der Waals surface area (Å²) in [6.45, 7) is 2.02. The number of hydrogen-bond donors (Lipinski definition) is 1. The molecule has 0 radical (unpaired) electrons. The van der Waals surface area contributed by atoms with Crippen LogP contribution in [-0.4, -0.2) is 23.1 Å². The lowest BCUT2D eigenvalue weighted by Gasteiger charge is -2.19. The average Bonchev–Trinajstić information content (AvgIpc) is 3.42. The number of rotatable bonds is 4. The normalized spacial score (nSPS) is 26.8. The van der Waals surface area contributed by atoms with Crippen LogP contribution in [0.5, 0.6) is 11.5 Å². The first-order valence-electron chi connectivity index (χ1n) is 10.2. The Kier molecular flexibility index (Phi) is 4.57. The van der Waals surface area contributed by atoms with Crippen molar-refractivity contribution in [2.45, 2.75) is 38.4 Å². The van der Waals surface area contributed by atoms with Gasteiger partial charge in [0.05, 0.1) is 40.2 Å². The van der Waals surface area contributed by atoms with Crippen molar-refractivity contribution in [3.05, 3.63) is 63.9 Å². The maximum atomic E-state index is 13.3. The molecule has 1 aliphatic carbocycles. The minimum Gasteiger partial charge on any atom is -0.511 e. The molecule has 2 aliphatic heterocycles. The first-order valence-corrected chi connectivity index (χ1v) is 10.5. The van der Waals surface area contributed by atoms with Gasteiger partial charge in [-0.25, -0.2) is 0 Å². The summed E-state index contributed by atoms with van der Waals surface area (Å²) in [5.41, 5.74) is 2.47. The van der Waals surface area contributed by atoms with Gasteiger partial charge in [0.2, 0.25) is 0 Å². The molecule has 2 fully saturated rings. The van der Waals surface area contributed by atoms with E-state index < -0.39 is 0 Å². The predicted octanol–water partition coefficient (Wildman–Crippen LogP) is 5.21. The number of carbonyl (C=O) groups is 1. The second-order valence-electron chi connectivity index (χ2n) is 7.99. The molecule has 6 heteroatoms. The Morgan fingerprint density at radius 2 is 1.87 bits per heavy atom. The highest BCUT2D eigenvalue weighted by molar-refractivity contribution is 6.31. The highest BCUT2D eigenvalue weighted by Gasteiger charge is 2.59. The lowest BCUT2D eigenvalue weighted by atomic mass is 9.80. The number of nitrogens with zero attached hydrogens (tertiary/aromatic N) is 1. The number of allylic oxidation sites excluding steroid dienone is 1. The molecule has 0 spiro atoms. The van der Waals surface area contributed by atoms with Crippen LogP contribution in [0.25, 0.3) is 5.57 Å². The quantitative estimate of drug-likeness (QED) is 0.732. The van der Waals surface area contributed by atoms with Gasteiger partial charge < -0.3 is 14.6 Å². The Morgan fingerprint density at radius 1 is 1.17 bits per heavy atom. The van der Waals surface area contributed by atoms with E-state index in [0.717, 1.165) is 24.8 Å². The van der Waals surface area contributed by atoms with Crippen molar-refractivity contribution in [1.82, 2.24) is 0 Å². The number of benzene rings is 2. The highest BCUT2D eigenvalue weighted by Crippen LogP contribution is 2.54. The molecule has 1 N–H and O–H groups in total. The molecule has 2 aromatic carbocycles. The number of fused-ring (bicyclic) bond motifs is 5. The van der Waals surface area contributed by atoms with Gasteiger partial charge >= 0.3 is 0 Å². The van der Waals surface area contributed by atoms with E-state index in [1.807, 2.05) is 25.1 Å². The molecule has 0 saturated carbocycles. The molecule has 5 nitrogen and oxygen atoms in total. The number of hydrogen-bond acceptors (Lipinski definition) is 5. The van der Waals surface area contributed by atoms with Gasteiger partial charge in [-0.2, -0.15) is 5.26 Å². The zero-order chi connectivity index (χ0) is 21.0. The molecule has 0 amide bonds. The summed E-state index contributed by atoms with van der Waals surface area (Å²) in [5.74, 6) is 0.660. The summed E-state index contributed by atoms with van der Waals surface area (Å²) in [5, 5.41) is 20.3. The van der Waals surface area contributed by atoms with Gasteiger partial charge in [-0.05, 0) is 54.7 Å². The Hall–Kier alpha value is -2.81. The summed E-state index contributed by atoms with van der Waals surface area (Å²) in [6, 6.07) is 12.4. The van der Waals surface area contributed by atoms with E-state index in [0.29, 0.717) is 33.2 Å². The molecule has 152 valence electrons. The summed E-state index contributed by atoms with van der Waals surface area (Å²) < 4.78 is 11.8. The smallest absolute Gasteiger partial charge is 0.173 e. The first-order chi connectivity index (χ1) is 14.5. The molecule has 0 aromatic heterocycles. The minimum atomic E-state index is -0.273. The van der Waals surface area contributed by atoms with Crippen molar-refractivity contribution in [3.8, 4) is 17.6 Å². The van der Waals surface area contributed by atoms with Gasteiger partial charge in [0.15, 0.2) is 5.78 Å². The van der Waals surface area contributed by atoms with Crippen LogP contribution >= 0.6 is 11.6 Å². The second kappa shape index (κ2) is 7.16. The van der Waals surface area contributed by atoms with Gasteiger partial charge in [0.1, 0.15) is 23.3 Å². The van der Waals surface area contributed by atoms with Crippen LogP contribution in [0.3, 0.4) is 0 Å². The molecule has 2 saturated heterocycles. The number of ether oxygens (including phenoxy) is 2. The van der Waals surface area contributed by atoms with E-state index in [4.69, 9.17) is 26.3 Å². The Balaban J connectivity index is 1.52. The number of ketones is 1. The first kappa shape index (κ1) is 19.2.